The lowest BCUT2D eigenvalue weighted by molar-refractivity contribution is 0.378. The third kappa shape index (κ3) is 4.43. The minimum atomic E-state index is 0.567. The molecular weight excluding hydrogens is 354 g/mol. The number of nitrogens with two attached hydrogens (primary N) is 1. The van der Waals surface area contributed by atoms with Gasteiger partial charge in [0, 0.05) is 38.6 Å². The van der Waals surface area contributed by atoms with Gasteiger partial charge in [0.25, 0.3) is 0 Å². The molecule has 0 atom stereocenters. The van der Waals surface area contributed by atoms with E-state index in [0.29, 0.717) is 19.0 Å². The van der Waals surface area contributed by atoms with E-state index >= 15 is 0 Å². The fraction of sp³-hybridized carbons (Fsp3) is 0.316. The minimum absolute atomic E-state index is 0.567. The number of rotatable bonds is 5. The molecule has 0 spiro atoms. The second-order valence-electron chi connectivity index (χ2n) is 6.61. The summed E-state index contributed by atoms with van der Waals surface area (Å²) in [7, 11) is 0. The van der Waals surface area contributed by atoms with Gasteiger partial charge in [-0.2, -0.15) is 5.10 Å². The minimum Gasteiger partial charge on any atom is -0.370 e. The van der Waals surface area contributed by atoms with Crippen LogP contribution in [0, 0.1) is 0 Å². The predicted molar refractivity (Wildman–Crippen MR) is 107 cm³/mol. The molecule has 9 nitrogen and oxygen atoms in total. The molecule has 1 aliphatic heterocycles. The Balaban J connectivity index is 1.29. The van der Waals surface area contributed by atoms with Crippen molar-refractivity contribution < 1.29 is 0 Å². The molecule has 0 aliphatic carbocycles. The Kier molecular flexibility index (Phi) is 5.41. The SMILES string of the molecule is NC(=NCc1ccc(Cn2cncn2)cc1)N1CCN(c2ncccn2)CC1. The first kappa shape index (κ1) is 17.9. The Bertz CT molecular complexity index is 883. The molecular formula is C19H23N9. The van der Waals surface area contributed by atoms with Gasteiger partial charge in [0.1, 0.15) is 12.7 Å². The van der Waals surface area contributed by atoms with Gasteiger partial charge in [0.2, 0.25) is 5.95 Å². The molecule has 3 aromatic rings. The Morgan fingerprint density at radius 3 is 2.39 bits per heavy atom. The fourth-order valence-electron chi connectivity index (χ4n) is 3.11. The van der Waals surface area contributed by atoms with E-state index in [-0.39, 0.29) is 0 Å². The van der Waals surface area contributed by atoms with Gasteiger partial charge in [-0.05, 0) is 17.2 Å². The van der Waals surface area contributed by atoms with Crippen LogP contribution >= 0.6 is 0 Å². The molecule has 0 unspecified atom stereocenters. The second-order valence-corrected chi connectivity index (χ2v) is 6.61. The molecule has 28 heavy (non-hydrogen) atoms. The third-order valence-corrected chi connectivity index (χ3v) is 4.70. The van der Waals surface area contributed by atoms with Crippen LogP contribution in [0.3, 0.4) is 0 Å². The van der Waals surface area contributed by atoms with Crippen LogP contribution in [0.5, 0.6) is 0 Å². The molecule has 0 saturated carbocycles. The number of aliphatic imine (C=N–C) groups is 1. The highest BCUT2D eigenvalue weighted by molar-refractivity contribution is 5.78. The molecule has 1 aliphatic rings. The number of benzene rings is 1. The van der Waals surface area contributed by atoms with Gasteiger partial charge < -0.3 is 15.5 Å². The summed E-state index contributed by atoms with van der Waals surface area (Å²) in [4.78, 5) is 21.4. The number of aromatic nitrogens is 5. The number of piperazine rings is 1. The molecule has 3 heterocycles. The maximum atomic E-state index is 6.21. The summed E-state index contributed by atoms with van der Waals surface area (Å²) >= 11 is 0. The van der Waals surface area contributed by atoms with E-state index in [1.165, 1.54) is 5.56 Å². The van der Waals surface area contributed by atoms with E-state index in [2.05, 4.69) is 59.1 Å². The molecule has 0 bridgehead atoms. The number of guanidine groups is 1. The smallest absolute Gasteiger partial charge is 0.225 e. The van der Waals surface area contributed by atoms with Crippen molar-refractivity contribution in [3.05, 3.63) is 66.5 Å². The van der Waals surface area contributed by atoms with Gasteiger partial charge in [0.15, 0.2) is 5.96 Å². The molecule has 0 amide bonds. The third-order valence-electron chi connectivity index (χ3n) is 4.70. The summed E-state index contributed by atoms with van der Waals surface area (Å²) < 4.78 is 1.80. The quantitative estimate of drug-likeness (QED) is 0.517. The molecule has 2 aromatic heterocycles. The van der Waals surface area contributed by atoms with E-state index in [1.807, 2.05) is 6.07 Å². The van der Waals surface area contributed by atoms with Crippen molar-refractivity contribution in [2.45, 2.75) is 13.1 Å². The second kappa shape index (κ2) is 8.47. The average Bonchev–Trinajstić information content (AvgIpc) is 3.27. The molecule has 1 saturated heterocycles. The highest BCUT2D eigenvalue weighted by atomic mass is 15.4. The van der Waals surface area contributed by atoms with Crippen molar-refractivity contribution in [2.24, 2.45) is 10.7 Å². The van der Waals surface area contributed by atoms with E-state index in [0.717, 1.165) is 37.7 Å². The van der Waals surface area contributed by atoms with Crippen LogP contribution in [0.4, 0.5) is 5.95 Å². The maximum Gasteiger partial charge on any atom is 0.225 e. The van der Waals surface area contributed by atoms with Crippen molar-refractivity contribution >= 4 is 11.9 Å². The lowest BCUT2D eigenvalue weighted by atomic mass is 10.1. The van der Waals surface area contributed by atoms with E-state index in [1.54, 1.807) is 29.7 Å². The van der Waals surface area contributed by atoms with Crippen LogP contribution in [0.25, 0.3) is 0 Å². The molecule has 0 radical (unpaired) electrons. The monoisotopic (exact) mass is 377 g/mol. The van der Waals surface area contributed by atoms with Gasteiger partial charge in [-0.1, -0.05) is 24.3 Å². The van der Waals surface area contributed by atoms with Crippen molar-refractivity contribution in [2.75, 3.05) is 31.1 Å². The number of anilines is 1. The first-order valence-electron chi connectivity index (χ1n) is 9.25. The number of nitrogens with zero attached hydrogens (tertiary/aromatic N) is 8. The van der Waals surface area contributed by atoms with Crippen LogP contribution in [-0.4, -0.2) is 61.8 Å². The Morgan fingerprint density at radius 2 is 1.71 bits per heavy atom. The highest BCUT2D eigenvalue weighted by Crippen LogP contribution is 2.10. The summed E-state index contributed by atoms with van der Waals surface area (Å²) in [5.41, 5.74) is 8.51. The van der Waals surface area contributed by atoms with Crippen LogP contribution < -0.4 is 10.6 Å². The van der Waals surface area contributed by atoms with E-state index in [4.69, 9.17) is 5.73 Å². The fourth-order valence-corrected chi connectivity index (χ4v) is 3.11. The zero-order valence-corrected chi connectivity index (χ0v) is 15.6. The maximum absolute atomic E-state index is 6.21. The average molecular weight is 377 g/mol. The zero-order valence-electron chi connectivity index (χ0n) is 15.6. The van der Waals surface area contributed by atoms with Crippen LogP contribution in [0.1, 0.15) is 11.1 Å². The standard InChI is InChI=1S/C19H23N9/c20-18(26-8-10-27(11-9-26)19-22-6-1-7-23-19)24-12-16-2-4-17(5-3-16)13-28-15-21-14-25-28/h1-7,14-15H,8-13H2,(H2,20,24). The van der Waals surface area contributed by atoms with Crippen molar-refractivity contribution in [3.8, 4) is 0 Å². The largest absolute Gasteiger partial charge is 0.370 e. The van der Waals surface area contributed by atoms with Gasteiger partial charge >= 0.3 is 0 Å². The van der Waals surface area contributed by atoms with Crippen LogP contribution in [0.15, 0.2) is 60.4 Å². The van der Waals surface area contributed by atoms with Gasteiger partial charge in [0.05, 0.1) is 13.1 Å². The number of hydrogen-bond acceptors (Lipinski definition) is 6. The highest BCUT2D eigenvalue weighted by Gasteiger charge is 2.19. The van der Waals surface area contributed by atoms with Crippen molar-refractivity contribution in [3.63, 3.8) is 0 Å². The Hall–Kier alpha value is -3.49. The summed E-state index contributed by atoms with van der Waals surface area (Å²) in [5.74, 6) is 1.35. The van der Waals surface area contributed by atoms with Crippen molar-refractivity contribution in [1.29, 1.82) is 0 Å². The summed E-state index contributed by atoms with van der Waals surface area (Å²) in [6, 6.07) is 10.1. The zero-order chi connectivity index (χ0) is 19.2. The molecule has 1 aromatic carbocycles. The first-order valence-corrected chi connectivity index (χ1v) is 9.25. The first-order chi connectivity index (χ1) is 13.8. The lowest BCUT2D eigenvalue weighted by Gasteiger charge is -2.35. The molecule has 9 heteroatoms. The number of hydrogen-bond donors (Lipinski definition) is 1. The predicted octanol–water partition coefficient (Wildman–Crippen LogP) is 0.753. The van der Waals surface area contributed by atoms with Gasteiger partial charge in [-0.25, -0.2) is 24.6 Å². The van der Waals surface area contributed by atoms with Crippen molar-refractivity contribution in [1.82, 2.24) is 29.6 Å². The summed E-state index contributed by atoms with van der Waals surface area (Å²) in [5, 5.41) is 4.12. The molecule has 4 rings (SSSR count). The Labute approximate surface area is 163 Å². The topological polar surface area (TPSA) is 101 Å². The summed E-state index contributed by atoms with van der Waals surface area (Å²) in [6.45, 7) is 4.56. The molecule has 1 fully saturated rings. The summed E-state index contributed by atoms with van der Waals surface area (Å²) in [6.07, 6.45) is 6.78. The van der Waals surface area contributed by atoms with E-state index in [9.17, 15) is 0 Å². The Morgan fingerprint density at radius 1 is 1.00 bits per heavy atom. The van der Waals surface area contributed by atoms with Gasteiger partial charge in [-0.3, -0.25) is 0 Å². The van der Waals surface area contributed by atoms with Crippen LogP contribution in [-0.2, 0) is 13.1 Å². The molecule has 2 N–H and O–H groups in total. The lowest BCUT2D eigenvalue weighted by Crippen LogP contribution is -2.51. The normalized spacial score (nSPS) is 15.1. The molecule has 144 valence electrons. The van der Waals surface area contributed by atoms with Gasteiger partial charge in [-0.15, -0.1) is 0 Å². The van der Waals surface area contributed by atoms with E-state index < -0.39 is 0 Å². The van der Waals surface area contributed by atoms with Crippen LogP contribution in [0.2, 0.25) is 0 Å².